The highest BCUT2D eigenvalue weighted by Gasteiger charge is 2.21. The summed E-state index contributed by atoms with van der Waals surface area (Å²) in [6.07, 6.45) is 0.481. The summed E-state index contributed by atoms with van der Waals surface area (Å²) in [5.74, 6) is -1.44. The predicted octanol–water partition coefficient (Wildman–Crippen LogP) is 2.32. The molecular formula is C21H27N3O4S. The van der Waals surface area contributed by atoms with Crippen molar-refractivity contribution in [3.63, 3.8) is 0 Å². The minimum absolute atomic E-state index is 0.242. The minimum Gasteiger partial charge on any atom is -0.347 e. The van der Waals surface area contributed by atoms with Crippen LogP contribution in [0.25, 0.3) is 0 Å². The first kappa shape index (κ1) is 22.6. The third-order valence-electron chi connectivity index (χ3n) is 4.57. The molecule has 7 nitrogen and oxygen atoms in total. The van der Waals surface area contributed by atoms with E-state index in [0.717, 1.165) is 11.1 Å². The van der Waals surface area contributed by atoms with E-state index >= 15 is 0 Å². The van der Waals surface area contributed by atoms with E-state index in [1.165, 1.54) is 4.31 Å². The van der Waals surface area contributed by atoms with Crippen LogP contribution in [0.4, 0.5) is 5.69 Å². The average molecular weight is 418 g/mol. The van der Waals surface area contributed by atoms with E-state index in [1.807, 2.05) is 19.1 Å². The van der Waals surface area contributed by atoms with Crippen molar-refractivity contribution in [3.05, 3.63) is 59.7 Å². The fourth-order valence-electron chi connectivity index (χ4n) is 2.83. The summed E-state index contributed by atoms with van der Waals surface area (Å²) < 4.78 is 26.4. The van der Waals surface area contributed by atoms with Gasteiger partial charge in [-0.15, -0.1) is 0 Å². The normalized spacial score (nSPS) is 11.3. The van der Waals surface area contributed by atoms with Gasteiger partial charge in [0.2, 0.25) is 10.0 Å². The molecule has 0 saturated carbocycles. The van der Waals surface area contributed by atoms with Crippen molar-refractivity contribution in [3.8, 4) is 0 Å². The third-order valence-corrected chi connectivity index (χ3v) is 6.63. The Kier molecular flexibility index (Phi) is 7.92. The van der Waals surface area contributed by atoms with Crippen LogP contribution in [0.15, 0.2) is 53.4 Å². The zero-order chi connectivity index (χ0) is 21.4. The van der Waals surface area contributed by atoms with Crippen LogP contribution in [0.5, 0.6) is 0 Å². The van der Waals surface area contributed by atoms with E-state index in [9.17, 15) is 18.0 Å². The van der Waals surface area contributed by atoms with E-state index in [-0.39, 0.29) is 11.4 Å². The topological polar surface area (TPSA) is 95.6 Å². The summed E-state index contributed by atoms with van der Waals surface area (Å²) in [6.45, 7) is 6.54. The zero-order valence-corrected chi connectivity index (χ0v) is 17.8. The first-order valence-electron chi connectivity index (χ1n) is 9.53. The Morgan fingerprint density at radius 3 is 2.14 bits per heavy atom. The summed E-state index contributed by atoms with van der Waals surface area (Å²) in [5.41, 5.74) is 2.33. The number of anilines is 1. The van der Waals surface area contributed by atoms with Crippen molar-refractivity contribution >= 4 is 27.5 Å². The van der Waals surface area contributed by atoms with Crippen LogP contribution < -0.4 is 10.6 Å². The lowest BCUT2D eigenvalue weighted by atomic mass is 10.1. The molecule has 0 aromatic heterocycles. The second-order valence-electron chi connectivity index (χ2n) is 6.51. The van der Waals surface area contributed by atoms with E-state index < -0.39 is 21.8 Å². The number of carbonyl (C=O) groups excluding carboxylic acids is 2. The number of rotatable bonds is 8. The molecule has 2 N–H and O–H groups in total. The molecular weight excluding hydrogens is 390 g/mol. The van der Waals surface area contributed by atoms with Crippen molar-refractivity contribution in [2.75, 3.05) is 25.0 Å². The Bertz CT molecular complexity index is 952. The van der Waals surface area contributed by atoms with E-state index in [4.69, 9.17) is 0 Å². The summed E-state index contributed by atoms with van der Waals surface area (Å²) >= 11 is 0. The number of amides is 2. The molecule has 2 rings (SSSR count). The molecule has 0 unspecified atom stereocenters. The molecule has 0 fully saturated rings. The lowest BCUT2D eigenvalue weighted by Gasteiger charge is -2.18. The van der Waals surface area contributed by atoms with Crippen LogP contribution in [0.2, 0.25) is 0 Å². The molecule has 0 aliphatic heterocycles. The molecule has 0 atom stereocenters. The van der Waals surface area contributed by atoms with Gasteiger partial charge in [-0.25, -0.2) is 8.42 Å². The number of nitrogens with one attached hydrogen (secondary N) is 2. The van der Waals surface area contributed by atoms with Crippen LogP contribution in [0, 0.1) is 6.92 Å². The van der Waals surface area contributed by atoms with Gasteiger partial charge in [-0.05, 0) is 42.7 Å². The summed E-state index contributed by atoms with van der Waals surface area (Å²) in [4.78, 5) is 24.2. The fraction of sp³-hybridized carbons (Fsp3) is 0.333. The third kappa shape index (κ3) is 5.88. The van der Waals surface area contributed by atoms with Gasteiger partial charge in [-0.1, -0.05) is 44.2 Å². The van der Waals surface area contributed by atoms with Gasteiger partial charge in [0, 0.05) is 25.3 Å². The second-order valence-corrected chi connectivity index (χ2v) is 8.45. The highest BCUT2D eigenvalue weighted by Crippen LogP contribution is 2.16. The largest absolute Gasteiger partial charge is 0.347 e. The fourth-order valence-corrected chi connectivity index (χ4v) is 4.29. The number of hydrogen-bond donors (Lipinski definition) is 2. The first-order chi connectivity index (χ1) is 13.8. The van der Waals surface area contributed by atoms with Crippen LogP contribution in [0.1, 0.15) is 25.0 Å². The molecule has 0 spiro atoms. The Hall–Kier alpha value is -2.71. The quantitative estimate of drug-likeness (QED) is 0.645. The smallest absolute Gasteiger partial charge is 0.313 e. The highest BCUT2D eigenvalue weighted by atomic mass is 32.2. The molecule has 2 amide bonds. The molecule has 2 aromatic carbocycles. The maximum atomic E-state index is 12.5. The highest BCUT2D eigenvalue weighted by molar-refractivity contribution is 7.89. The molecule has 0 heterocycles. The summed E-state index contributed by atoms with van der Waals surface area (Å²) in [6, 6.07) is 13.8. The Balaban J connectivity index is 1.88. The molecule has 0 aliphatic rings. The van der Waals surface area contributed by atoms with Crippen molar-refractivity contribution in [2.24, 2.45) is 0 Å². The van der Waals surface area contributed by atoms with Gasteiger partial charge in [-0.2, -0.15) is 4.31 Å². The maximum absolute atomic E-state index is 12.5. The molecule has 156 valence electrons. The van der Waals surface area contributed by atoms with Gasteiger partial charge in [0.1, 0.15) is 0 Å². The second kappa shape index (κ2) is 10.2. The number of benzene rings is 2. The van der Waals surface area contributed by atoms with Gasteiger partial charge in [0.05, 0.1) is 4.90 Å². The van der Waals surface area contributed by atoms with Crippen LogP contribution in [0.3, 0.4) is 0 Å². The van der Waals surface area contributed by atoms with Gasteiger partial charge < -0.3 is 10.6 Å². The molecule has 8 heteroatoms. The van der Waals surface area contributed by atoms with Gasteiger partial charge in [0.25, 0.3) is 0 Å². The zero-order valence-electron chi connectivity index (χ0n) is 16.9. The number of aryl methyl sites for hydroxylation is 1. The van der Waals surface area contributed by atoms with Crippen LogP contribution in [-0.2, 0) is 26.0 Å². The number of para-hydroxylation sites is 1. The van der Waals surface area contributed by atoms with Crippen LogP contribution >= 0.6 is 0 Å². The van der Waals surface area contributed by atoms with Gasteiger partial charge in [0.15, 0.2) is 0 Å². The number of nitrogens with zero attached hydrogens (tertiary/aromatic N) is 1. The Labute approximate surface area is 172 Å². The predicted molar refractivity (Wildman–Crippen MR) is 113 cm³/mol. The van der Waals surface area contributed by atoms with Crippen LogP contribution in [-0.4, -0.2) is 44.2 Å². The standard InChI is InChI=1S/C21H27N3O4S/c1-4-24(5-2)29(27,28)18-12-10-17(11-13-18)14-15-22-20(25)21(26)23-19-9-7-6-8-16(19)3/h6-13H,4-5,14-15H2,1-3H3,(H,22,25)(H,23,26). The Morgan fingerprint density at radius 1 is 0.931 bits per heavy atom. The summed E-state index contributed by atoms with van der Waals surface area (Å²) in [5, 5.41) is 5.16. The molecule has 0 bridgehead atoms. The molecule has 29 heavy (non-hydrogen) atoms. The SMILES string of the molecule is CCN(CC)S(=O)(=O)c1ccc(CCNC(=O)C(=O)Nc2ccccc2C)cc1. The molecule has 0 saturated heterocycles. The lowest BCUT2D eigenvalue weighted by molar-refractivity contribution is -0.136. The lowest BCUT2D eigenvalue weighted by Crippen LogP contribution is -2.36. The monoisotopic (exact) mass is 417 g/mol. The minimum atomic E-state index is -3.49. The molecule has 2 aromatic rings. The maximum Gasteiger partial charge on any atom is 0.313 e. The van der Waals surface area contributed by atoms with Crippen molar-refractivity contribution in [1.29, 1.82) is 0 Å². The molecule has 0 radical (unpaired) electrons. The van der Waals surface area contributed by atoms with E-state index in [0.29, 0.717) is 25.2 Å². The van der Waals surface area contributed by atoms with E-state index in [1.54, 1.807) is 50.2 Å². The Morgan fingerprint density at radius 2 is 1.55 bits per heavy atom. The van der Waals surface area contributed by atoms with Crippen molar-refractivity contribution in [2.45, 2.75) is 32.1 Å². The molecule has 0 aliphatic carbocycles. The summed E-state index contributed by atoms with van der Waals surface area (Å²) in [7, 11) is -3.49. The first-order valence-corrected chi connectivity index (χ1v) is 11.0. The van der Waals surface area contributed by atoms with Gasteiger partial charge >= 0.3 is 11.8 Å². The number of hydrogen-bond acceptors (Lipinski definition) is 4. The average Bonchev–Trinajstić information content (AvgIpc) is 2.70. The van der Waals surface area contributed by atoms with Crippen molar-refractivity contribution in [1.82, 2.24) is 9.62 Å². The van der Waals surface area contributed by atoms with Crippen molar-refractivity contribution < 1.29 is 18.0 Å². The number of sulfonamides is 1. The van der Waals surface area contributed by atoms with E-state index in [2.05, 4.69) is 10.6 Å². The van der Waals surface area contributed by atoms with Gasteiger partial charge in [-0.3, -0.25) is 9.59 Å². The number of carbonyl (C=O) groups is 2.